The van der Waals surface area contributed by atoms with Gasteiger partial charge in [-0.3, -0.25) is 0 Å². The monoisotopic (exact) mass is 215 g/mol. The molecule has 2 N–H and O–H groups in total. The van der Waals surface area contributed by atoms with Crippen molar-refractivity contribution in [3.63, 3.8) is 0 Å². The van der Waals surface area contributed by atoms with Gasteiger partial charge in [-0.2, -0.15) is 0 Å². The molecule has 2 aliphatic carbocycles. The molecule has 2 nitrogen and oxygen atoms in total. The molecule has 0 saturated heterocycles. The molecule has 3 aliphatic rings. The van der Waals surface area contributed by atoms with Gasteiger partial charge in [0.1, 0.15) is 0 Å². The van der Waals surface area contributed by atoms with Crippen molar-refractivity contribution in [3.8, 4) is 0 Å². The lowest BCUT2D eigenvalue weighted by Crippen LogP contribution is -2.26. The van der Waals surface area contributed by atoms with E-state index in [0.717, 1.165) is 18.4 Å². The molecular weight excluding hydrogens is 198 g/mol. The van der Waals surface area contributed by atoms with Crippen LogP contribution in [0.1, 0.15) is 59.4 Å². The minimum absolute atomic E-state index is 0.109. The highest BCUT2D eigenvalue weighted by atomic mass is 16.5. The third-order valence-electron chi connectivity index (χ3n) is 4.62. The van der Waals surface area contributed by atoms with E-state index in [0.29, 0.717) is 6.61 Å². The van der Waals surface area contributed by atoms with E-state index in [-0.39, 0.29) is 6.04 Å². The Balaban J connectivity index is 1.96. The van der Waals surface area contributed by atoms with Gasteiger partial charge in [-0.15, -0.1) is 0 Å². The Hall–Kier alpha value is -0.860. The lowest BCUT2D eigenvalue weighted by Gasteiger charge is -2.29. The summed E-state index contributed by atoms with van der Waals surface area (Å²) in [5.74, 6) is 1.64. The summed E-state index contributed by atoms with van der Waals surface area (Å²) in [6, 6.07) is 4.69. The first kappa shape index (κ1) is 9.20. The van der Waals surface area contributed by atoms with Crippen LogP contribution in [-0.2, 0) is 11.3 Å². The summed E-state index contributed by atoms with van der Waals surface area (Å²) in [7, 11) is 0. The molecule has 0 aromatic heterocycles. The van der Waals surface area contributed by atoms with E-state index in [1.807, 2.05) is 0 Å². The average Bonchev–Trinajstić information content (AvgIpc) is 2.89. The van der Waals surface area contributed by atoms with Crippen molar-refractivity contribution >= 4 is 0 Å². The predicted molar refractivity (Wildman–Crippen MR) is 62.4 cm³/mol. The molecule has 1 aromatic rings. The fourth-order valence-corrected chi connectivity index (χ4v) is 3.98. The SMILES string of the molecule is N[C@@H]1COCc2ccc3c(c21)[C@H]1CC[C@@H]3C1. The minimum atomic E-state index is 0.109. The van der Waals surface area contributed by atoms with Gasteiger partial charge in [0.15, 0.2) is 0 Å². The third-order valence-corrected chi connectivity index (χ3v) is 4.62. The summed E-state index contributed by atoms with van der Waals surface area (Å²) in [6.07, 6.45) is 4.14. The van der Waals surface area contributed by atoms with Crippen molar-refractivity contribution in [1.29, 1.82) is 0 Å². The standard InChI is InChI=1S/C14H17NO/c15-12-7-16-6-10-3-4-11-8-1-2-9(5-8)13(11)14(10)12/h3-4,8-9,12H,1-2,5-7,15H2/t8-,9+,12-/m1/s1. The number of hydrogen-bond acceptors (Lipinski definition) is 2. The van der Waals surface area contributed by atoms with Crippen molar-refractivity contribution in [2.24, 2.45) is 5.73 Å². The Morgan fingerprint density at radius 2 is 2.00 bits per heavy atom. The number of fused-ring (bicyclic) bond motifs is 7. The molecule has 1 aromatic carbocycles. The summed E-state index contributed by atoms with van der Waals surface area (Å²) in [6.45, 7) is 1.45. The Kier molecular flexibility index (Phi) is 1.77. The van der Waals surface area contributed by atoms with Crippen LogP contribution >= 0.6 is 0 Å². The molecule has 1 heterocycles. The van der Waals surface area contributed by atoms with E-state index in [4.69, 9.17) is 10.5 Å². The maximum absolute atomic E-state index is 6.23. The van der Waals surface area contributed by atoms with Crippen LogP contribution in [0.2, 0.25) is 0 Å². The first-order valence-corrected chi connectivity index (χ1v) is 6.33. The van der Waals surface area contributed by atoms with Crippen molar-refractivity contribution < 1.29 is 4.74 Å². The van der Waals surface area contributed by atoms with Crippen molar-refractivity contribution in [1.82, 2.24) is 0 Å². The van der Waals surface area contributed by atoms with Gasteiger partial charge < -0.3 is 10.5 Å². The molecule has 2 heteroatoms. The van der Waals surface area contributed by atoms with Gasteiger partial charge in [0.25, 0.3) is 0 Å². The van der Waals surface area contributed by atoms with Crippen molar-refractivity contribution in [2.75, 3.05) is 6.61 Å². The maximum atomic E-state index is 6.23. The summed E-state index contributed by atoms with van der Waals surface area (Å²) < 4.78 is 5.52. The molecule has 3 atom stereocenters. The summed E-state index contributed by atoms with van der Waals surface area (Å²) >= 11 is 0. The Morgan fingerprint density at radius 1 is 1.12 bits per heavy atom. The highest BCUT2D eigenvalue weighted by molar-refractivity contribution is 5.51. The lowest BCUT2D eigenvalue weighted by atomic mass is 9.83. The second kappa shape index (κ2) is 3.08. The van der Waals surface area contributed by atoms with Crippen LogP contribution in [0.4, 0.5) is 0 Å². The molecule has 1 saturated carbocycles. The first-order chi connectivity index (χ1) is 7.84. The fraction of sp³-hybridized carbons (Fsp3) is 0.571. The van der Waals surface area contributed by atoms with Crippen LogP contribution in [0.25, 0.3) is 0 Å². The molecule has 1 aliphatic heterocycles. The van der Waals surface area contributed by atoms with Crippen LogP contribution in [0.5, 0.6) is 0 Å². The zero-order chi connectivity index (χ0) is 10.7. The normalized spacial score (nSPS) is 34.9. The van der Waals surface area contributed by atoms with Gasteiger partial charge >= 0.3 is 0 Å². The molecule has 0 unspecified atom stereocenters. The molecule has 0 amide bonds. The van der Waals surface area contributed by atoms with Gasteiger partial charge in [-0.25, -0.2) is 0 Å². The summed E-state index contributed by atoms with van der Waals surface area (Å²) in [4.78, 5) is 0. The van der Waals surface area contributed by atoms with E-state index in [2.05, 4.69) is 12.1 Å². The van der Waals surface area contributed by atoms with Gasteiger partial charge in [0.2, 0.25) is 0 Å². The molecule has 2 bridgehead atoms. The zero-order valence-corrected chi connectivity index (χ0v) is 9.41. The van der Waals surface area contributed by atoms with E-state index in [1.165, 1.54) is 30.4 Å². The molecular formula is C14H17NO. The van der Waals surface area contributed by atoms with Crippen LogP contribution < -0.4 is 5.73 Å². The van der Waals surface area contributed by atoms with E-state index in [9.17, 15) is 0 Å². The Labute approximate surface area is 95.8 Å². The van der Waals surface area contributed by atoms with Gasteiger partial charge in [0, 0.05) is 0 Å². The number of benzene rings is 1. The molecule has 4 rings (SSSR count). The minimum Gasteiger partial charge on any atom is -0.375 e. The summed E-state index contributed by atoms with van der Waals surface area (Å²) in [5.41, 5.74) is 12.2. The maximum Gasteiger partial charge on any atom is 0.0721 e. The van der Waals surface area contributed by atoms with Crippen molar-refractivity contribution in [3.05, 3.63) is 34.4 Å². The highest BCUT2D eigenvalue weighted by Crippen LogP contribution is 2.55. The van der Waals surface area contributed by atoms with E-state index in [1.54, 1.807) is 11.1 Å². The van der Waals surface area contributed by atoms with Gasteiger partial charge in [-0.05, 0) is 53.4 Å². The molecule has 16 heavy (non-hydrogen) atoms. The highest BCUT2D eigenvalue weighted by Gasteiger charge is 2.40. The lowest BCUT2D eigenvalue weighted by molar-refractivity contribution is 0.0918. The summed E-state index contributed by atoms with van der Waals surface area (Å²) in [5, 5.41) is 0. The van der Waals surface area contributed by atoms with Crippen LogP contribution in [-0.4, -0.2) is 6.61 Å². The van der Waals surface area contributed by atoms with Crippen molar-refractivity contribution in [2.45, 2.75) is 43.7 Å². The average molecular weight is 215 g/mol. The fourth-order valence-electron chi connectivity index (χ4n) is 3.98. The third kappa shape index (κ3) is 1.04. The molecule has 1 fully saturated rings. The zero-order valence-electron chi connectivity index (χ0n) is 9.41. The quantitative estimate of drug-likeness (QED) is 0.722. The first-order valence-electron chi connectivity index (χ1n) is 6.33. The second-order valence-electron chi connectivity index (χ2n) is 5.47. The van der Waals surface area contributed by atoms with Crippen LogP contribution in [0, 0.1) is 0 Å². The Morgan fingerprint density at radius 3 is 2.94 bits per heavy atom. The topological polar surface area (TPSA) is 35.2 Å². The van der Waals surface area contributed by atoms with Crippen LogP contribution in [0.3, 0.4) is 0 Å². The molecule has 84 valence electrons. The largest absolute Gasteiger partial charge is 0.375 e. The number of rotatable bonds is 0. The number of nitrogens with two attached hydrogens (primary N) is 1. The molecule has 0 spiro atoms. The molecule has 0 radical (unpaired) electrons. The number of hydrogen-bond donors (Lipinski definition) is 1. The second-order valence-corrected chi connectivity index (χ2v) is 5.47. The van der Waals surface area contributed by atoms with Gasteiger partial charge in [0.05, 0.1) is 19.3 Å². The smallest absolute Gasteiger partial charge is 0.0721 e. The Bertz CT molecular complexity index is 454. The van der Waals surface area contributed by atoms with Crippen LogP contribution in [0.15, 0.2) is 12.1 Å². The number of ether oxygens (including phenoxy) is 1. The van der Waals surface area contributed by atoms with E-state index < -0.39 is 0 Å². The van der Waals surface area contributed by atoms with Gasteiger partial charge in [-0.1, -0.05) is 12.1 Å². The predicted octanol–water partition coefficient (Wildman–Crippen LogP) is 2.58. The van der Waals surface area contributed by atoms with E-state index >= 15 is 0 Å².